The first-order chi connectivity index (χ1) is 7.66. The van der Waals surface area contributed by atoms with Gasteiger partial charge in [-0.2, -0.15) is 5.10 Å². The van der Waals surface area contributed by atoms with Crippen molar-refractivity contribution in [1.82, 2.24) is 15.2 Å². The summed E-state index contributed by atoms with van der Waals surface area (Å²) in [7, 11) is 0. The Morgan fingerprint density at radius 2 is 2.25 bits per heavy atom. The van der Waals surface area contributed by atoms with Crippen LogP contribution in [0, 0.1) is 6.92 Å². The normalized spacial score (nSPS) is 10.1. The largest absolute Gasteiger partial charge is 0.307 e. The van der Waals surface area contributed by atoms with E-state index in [-0.39, 0.29) is 5.91 Å². The number of aromatic nitrogens is 3. The van der Waals surface area contributed by atoms with Gasteiger partial charge in [-0.3, -0.25) is 9.89 Å². The monoisotopic (exact) mass is 280 g/mol. The van der Waals surface area contributed by atoms with E-state index in [1.807, 2.05) is 6.92 Å². The van der Waals surface area contributed by atoms with Gasteiger partial charge >= 0.3 is 0 Å². The highest BCUT2D eigenvalue weighted by atomic mass is 79.9. The number of amides is 1. The fourth-order valence-electron chi connectivity index (χ4n) is 1.17. The van der Waals surface area contributed by atoms with Crippen molar-refractivity contribution in [3.8, 4) is 0 Å². The fourth-order valence-corrected chi connectivity index (χ4v) is 1.40. The number of aryl methyl sites for hydroxylation is 1. The van der Waals surface area contributed by atoms with E-state index >= 15 is 0 Å². The molecule has 2 N–H and O–H groups in total. The van der Waals surface area contributed by atoms with Crippen LogP contribution in [-0.2, 0) is 0 Å². The topological polar surface area (TPSA) is 70.7 Å². The molecule has 0 aliphatic rings. The van der Waals surface area contributed by atoms with Gasteiger partial charge in [-0.1, -0.05) is 0 Å². The molecule has 0 atom stereocenters. The van der Waals surface area contributed by atoms with Gasteiger partial charge in [-0.15, -0.1) is 0 Å². The summed E-state index contributed by atoms with van der Waals surface area (Å²) in [5.74, 6) is 0.389. The van der Waals surface area contributed by atoms with Gasteiger partial charge in [-0.25, -0.2) is 4.98 Å². The first-order valence-corrected chi connectivity index (χ1v) is 5.39. The smallest absolute Gasteiger partial charge is 0.258 e. The third-order valence-electron chi connectivity index (χ3n) is 2.06. The summed E-state index contributed by atoms with van der Waals surface area (Å²) in [6, 6.07) is 3.41. The lowest BCUT2D eigenvalue weighted by Gasteiger charge is -2.03. The molecule has 0 unspecified atom stereocenters. The summed E-state index contributed by atoms with van der Waals surface area (Å²) >= 11 is 3.21. The Bertz CT molecular complexity index is 506. The van der Waals surface area contributed by atoms with Crippen LogP contribution < -0.4 is 5.32 Å². The number of hydrogen-bond donors (Lipinski definition) is 2. The minimum absolute atomic E-state index is 0.215. The lowest BCUT2D eigenvalue weighted by Crippen LogP contribution is -2.13. The maximum Gasteiger partial charge on any atom is 0.258 e. The second kappa shape index (κ2) is 4.44. The van der Waals surface area contributed by atoms with Gasteiger partial charge in [0.2, 0.25) is 0 Å². The van der Waals surface area contributed by atoms with E-state index in [1.54, 1.807) is 18.3 Å². The number of aromatic amines is 1. The fraction of sp³-hybridized carbons (Fsp3) is 0.100. The number of nitrogens with one attached hydrogen (secondary N) is 2. The summed E-state index contributed by atoms with van der Waals surface area (Å²) in [5, 5.41) is 9.24. The average Bonchev–Trinajstić information content (AvgIpc) is 2.65. The summed E-state index contributed by atoms with van der Waals surface area (Å²) in [6.07, 6.45) is 3.15. The molecule has 0 radical (unpaired) electrons. The van der Waals surface area contributed by atoms with Crippen molar-refractivity contribution >= 4 is 27.7 Å². The van der Waals surface area contributed by atoms with Gasteiger partial charge in [0.25, 0.3) is 5.91 Å². The molecule has 2 rings (SSSR count). The highest BCUT2D eigenvalue weighted by Crippen LogP contribution is 2.11. The van der Waals surface area contributed by atoms with E-state index in [0.717, 1.165) is 5.56 Å². The first kappa shape index (κ1) is 10.8. The minimum Gasteiger partial charge on any atom is -0.307 e. The van der Waals surface area contributed by atoms with Crippen molar-refractivity contribution in [2.45, 2.75) is 6.92 Å². The van der Waals surface area contributed by atoms with Crippen molar-refractivity contribution in [1.29, 1.82) is 0 Å². The molecule has 6 heteroatoms. The zero-order valence-electron chi connectivity index (χ0n) is 8.49. The molecule has 0 fully saturated rings. The lowest BCUT2D eigenvalue weighted by molar-refractivity contribution is 0.102. The lowest BCUT2D eigenvalue weighted by atomic mass is 10.2. The van der Waals surface area contributed by atoms with Gasteiger partial charge < -0.3 is 5.32 Å². The highest BCUT2D eigenvalue weighted by molar-refractivity contribution is 9.10. The number of halogens is 1. The van der Waals surface area contributed by atoms with Crippen molar-refractivity contribution < 1.29 is 4.79 Å². The molecule has 0 saturated heterocycles. The molecular weight excluding hydrogens is 272 g/mol. The third kappa shape index (κ3) is 2.27. The van der Waals surface area contributed by atoms with Crippen LogP contribution in [0.3, 0.4) is 0 Å². The Balaban J connectivity index is 2.15. The minimum atomic E-state index is -0.215. The van der Waals surface area contributed by atoms with Crippen LogP contribution in [-0.4, -0.2) is 21.1 Å². The predicted molar refractivity (Wildman–Crippen MR) is 63.2 cm³/mol. The van der Waals surface area contributed by atoms with Crippen LogP contribution in [0.1, 0.15) is 15.9 Å². The molecular formula is C10H9BrN4O. The SMILES string of the molecule is Cc1cn[nH]c1NC(=O)c1ccc(Br)nc1. The summed E-state index contributed by atoms with van der Waals surface area (Å²) in [6.45, 7) is 1.86. The molecule has 5 nitrogen and oxygen atoms in total. The standard InChI is InChI=1S/C10H9BrN4O/c1-6-4-13-15-9(6)14-10(16)7-2-3-8(11)12-5-7/h2-5H,1H3,(H2,13,14,15,16). The number of carbonyl (C=O) groups excluding carboxylic acids is 1. The number of anilines is 1. The number of H-pyrrole nitrogens is 1. The Morgan fingerprint density at radius 3 is 2.81 bits per heavy atom. The molecule has 82 valence electrons. The zero-order valence-corrected chi connectivity index (χ0v) is 10.1. The summed E-state index contributed by atoms with van der Waals surface area (Å²) < 4.78 is 0.696. The van der Waals surface area contributed by atoms with Crippen LogP contribution in [0.2, 0.25) is 0 Å². The number of rotatable bonds is 2. The predicted octanol–water partition coefficient (Wildman–Crippen LogP) is 2.13. The van der Waals surface area contributed by atoms with Crippen molar-refractivity contribution in [2.24, 2.45) is 0 Å². The van der Waals surface area contributed by atoms with Gasteiger partial charge in [0.05, 0.1) is 11.8 Å². The average molecular weight is 281 g/mol. The molecule has 2 aromatic heterocycles. The van der Waals surface area contributed by atoms with Crippen molar-refractivity contribution in [3.63, 3.8) is 0 Å². The Labute approximate surface area is 100 Å². The van der Waals surface area contributed by atoms with Crippen molar-refractivity contribution in [2.75, 3.05) is 5.32 Å². The van der Waals surface area contributed by atoms with Crippen LogP contribution in [0.5, 0.6) is 0 Å². The summed E-state index contributed by atoms with van der Waals surface area (Å²) in [5.41, 5.74) is 1.38. The van der Waals surface area contributed by atoms with Crippen LogP contribution in [0.4, 0.5) is 5.82 Å². The number of carbonyl (C=O) groups is 1. The van der Waals surface area contributed by atoms with E-state index in [2.05, 4.69) is 36.4 Å². The summed E-state index contributed by atoms with van der Waals surface area (Å²) in [4.78, 5) is 15.7. The van der Waals surface area contributed by atoms with E-state index in [4.69, 9.17) is 0 Å². The number of hydrogen-bond acceptors (Lipinski definition) is 3. The molecule has 0 bridgehead atoms. The number of nitrogens with zero attached hydrogens (tertiary/aromatic N) is 2. The molecule has 0 aromatic carbocycles. The Morgan fingerprint density at radius 1 is 1.44 bits per heavy atom. The van der Waals surface area contributed by atoms with E-state index in [1.165, 1.54) is 6.20 Å². The molecule has 0 saturated carbocycles. The van der Waals surface area contributed by atoms with Crippen molar-refractivity contribution in [3.05, 3.63) is 40.3 Å². The number of pyridine rings is 1. The van der Waals surface area contributed by atoms with E-state index in [9.17, 15) is 4.79 Å². The second-order valence-corrected chi connectivity index (χ2v) is 4.06. The zero-order chi connectivity index (χ0) is 11.5. The third-order valence-corrected chi connectivity index (χ3v) is 2.53. The highest BCUT2D eigenvalue weighted by Gasteiger charge is 2.08. The second-order valence-electron chi connectivity index (χ2n) is 3.25. The van der Waals surface area contributed by atoms with Gasteiger partial charge in [0.15, 0.2) is 0 Å². The van der Waals surface area contributed by atoms with Crippen LogP contribution in [0.25, 0.3) is 0 Å². The maximum atomic E-state index is 11.8. The molecule has 2 aromatic rings. The van der Waals surface area contributed by atoms with Crippen LogP contribution in [0.15, 0.2) is 29.1 Å². The molecule has 0 aliphatic heterocycles. The first-order valence-electron chi connectivity index (χ1n) is 4.59. The molecule has 2 heterocycles. The Kier molecular flexibility index (Phi) is 3.00. The van der Waals surface area contributed by atoms with Gasteiger partial charge in [0, 0.05) is 11.8 Å². The quantitative estimate of drug-likeness (QED) is 0.828. The molecule has 16 heavy (non-hydrogen) atoms. The maximum absolute atomic E-state index is 11.8. The Hall–Kier alpha value is -1.69. The van der Waals surface area contributed by atoms with Gasteiger partial charge in [0.1, 0.15) is 10.4 Å². The molecule has 0 spiro atoms. The van der Waals surface area contributed by atoms with Crippen LogP contribution >= 0.6 is 15.9 Å². The van der Waals surface area contributed by atoms with E-state index < -0.39 is 0 Å². The molecule has 0 aliphatic carbocycles. The van der Waals surface area contributed by atoms with E-state index in [0.29, 0.717) is 16.0 Å². The molecule has 1 amide bonds. The van der Waals surface area contributed by atoms with Gasteiger partial charge in [-0.05, 0) is 35.0 Å².